The van der Waals surface area contributed by atoms with Crippen LogP contribution in [0, 0.1) is 29.6 Å². The number of hydrogen-bond acceptors (Lipinski definition) is 10. The largest absolute Gasteiger partial charge is 0.462 e. The predicted molar refractivity (Wildman–Crippen MR) is 158 cm³/mol. The number of aromatic nitrogens is 2. The number of carbonyl (C=O) groups excluding carboxylic acids is 1. The fourth-order valence-electron chi connectivity index (χ4n) is 6.80. The minimum Gasteiger partial charge on any atom is -0.462 e. The van der Waals surface area contributed by atoms with E-state index in [0.717, 1.165) is 12.0 Å². The van der Waals surface area contributed by atoms with Gasteiger partial charge >= 0.3 is 5.97 Å². The van der Waals surface area contributed by atoms with Crippen LogP contribution < -0.4 is 0 Å². The average Bonchev–Trinajstić information content (AvgIpc) is 3.74. The molecule has 3 aliphatic rings. The molecule has 0 radical (unpaired) electrons. The third-order valence-corrected chi connectivity index (χ3v) is 10.7. The van der Waals surface area contributed by atoms with Crippen molar-refractivity contribution < 1.29 is 36.9 Å². The lowest BCUT2D eigenvalue weighted by Gasteiger charge is -2.31. The van der Waals surface area contributed by atoms with Crippen LogP contribution in [-0.4, -0.2) is 78.8 Å². The van der Waals surface area contributed by atoms with Crippen LogP contribution in [-0.2, 0) is 35.4 Å². The Hall–Kier alpha value is -3.16. The van der Waals surface area contributed by atoms with Gasteiger partial charge in [0.05, 0.1) is 30.6 Å². The number of nitrogens with zero attached hydrogens (tertiary/aromatic N) is 3. The Balaban J connectivity index is 1.21. The van der Waals surface area contributed by atoms with Crippen LogP contribution in [0.4, 0.5) is 0 Å². The number of fused-ring (bicyclic) bond motifs is 1. The van der Waals surface area contributed by atoms with Gasteiger partial charge in [0.15, 0.2) is 6.29 Å². The Bertz CT molecular complexity index is 1520. The van der Waals surface area contributed by atoms with Crippen molar-refractivity contribution in [1.82, 2.24) is 14.5 Å². The van der Waals surface area contributed by atoms with E-state index >= 15 is 0 Å². The second kappa shape index (κ2) is 13.1. The van der Waals surface area contributed by atoms with Gasteiger partial charge in [0.2, 0.25) is 22.3 Å². The van der Waals surface area contributed by atoms with Gasteiger partial charge in [-0.25, -0.2) is 8.42 Å². The van der Waals surface area contributed by atoms with Crippen molar-refractivity contribution >= 4 is 16.0 Å². The van der Waals surface area contributed by atoms with Crippen LogP contribution in [0.5, 0.6) is 0 Å². The van der Waals surface area contributed by atoms with Crippen molar-refractivity contribution in [2.45, 2.75) is 56.5 Å². The van der Waals surface area contributed by atoms with Gasteiger partial charge in [-0.3, -0.25) is 4.79 Å². The highest BCUT2D eigenvalue weighted by Crippen LogP contribution is 2.49. The summed E-state index contributed by atoms with van der Waals surface area (Å²) in [4.78, 5) is 13.5. The molecule has 1 N–H and O–H groups in total. The van der Waals surface area contributed by atoms with Gasteiger partial charge in [0.25, 0.3) is 0 Å². The lowest BCUT2D eigenvalue weighted by Crippen LogP contribution is -2.43. The topological polar surface area (TPSA) is 141 Å². The van der Waals surface area contributed by atoms with E-state index in [4.69, 9.17) is 18.6 Å². The molecule has 5 unspecified atom stereocenters. The Morgan fingerprint density at radius 2 is 1.86 bits per heavy atom. The van der Waals surface area contributed by atoms with Crippen molar-refractivity contribution in [2.75, 3.05) is 26.3 Å². The molecule has 1 aliphatic carbocycles. The Kier molecular flexibility index (Phi) is 9.16. The number of aliphatic hydroxyl groups excluding tert-OH is 1. The van der Waals surface area contributed by atoms with Crippen molar-refractivity contribution in [3.8, 4) is 11.5 Å². The zero-order valence-corrected chi connectivity index (χ0v) is 25.7. The van der Waals surface area contributed by atoms with E-state index < -0.39 is 28.0 Å². The van der Waals surface area contributed by atoms with E-state index in [1.807, 2.05) is 44.2 Å². The first-order valence-corrected chi connectivity index (χ1v) is 16.6. The second-order valence-electron chi connectivity index (χ2n) is 12.5. The van der Waals surface area contributed by atoms with Crippen molar-refractivity contribution in [2.24, 2.45) is 29.6 Å². The average molecular weight is 626 g/mol. The fraction of sp³-hybridized carbons (Fsp3) is 0.531. The van der Waals surface area contributed by atoms with Gasteiger partial charge in [-0.15, -0.1) is 10.2 Å². The first-order chi connectivity index (χ1) is 21.2. The summed E-state index contributed by atoms with van der Waals surface area (Å²) in [6.07, 6.45) is 0.797. The van der Waals surface area contributed by atoms with Gasteiger partial charge in [0.1, 0.15) is 6.10 Å². The van der Waals surface area contributed by atoms with E-state index in [2.05, 4.69) is 10.2 Å². The normalized spacial score (nSPS) is 25.8. The van der Waals surface area contributed by atoms with Crippen LogP contribution in [0.1, 0.15) is 32.3 Å². The van der Waals surface area contributed by atoms with Gasteiger partial charge in [-0.1, -0.05) is 50.2 Å². The molecule has 3 fully saturated rings. The SMILES string of the molecule is CC(C)CN(C[C@@H](O)[C@@H](CC(=O)OC1C2COC3OCC1C3C2)Cc1ccccc1)S(=O)(=O)c1cccc(-c2nnco2)c1. The third-order valence-electron chi connectivity index (χ3n) is 8.91. The van der Waals surface area contributed by atoms with Gasteiger partial charge in [-0.05, 0) is 42.5 Å². The smallest absolute Gasteiger partial charge is 0.306 e. The monoisotopic (exact) mass is 625 g/mol. The lowest BCUT2D eigenvalue weighted by atomic mass is 9.90. The van der Waals surface area contributed by atoms with Crippen LogP contribution in [0.15, 0.2) is 70.3 Å². The molecule has 0 amide bonds. The Morgan fingerprint density at radius 1 is 1.07 bits per heavy atom. The summed E-state index contributed by atoms with van der Waals surface area (Å²) in [5.74, 6) is -0.304. The van der Waals surface area contributed by atoms with Gasteiger partial charge < -0.3 is 23.7 Å². The second-order valence-corrected chi connectivity index (χ2v) is 14.5. The van der Waals surface area contributed by atoms with Crippen LogP contribution in [0.3, 0.4) is 0 Å². The standard InChI is InChI=1S/C32H39N3O8S/c1-20(2)15-35(44(38,39)25-10-6-9-22(12-25)31-34-33-19-42-31)16-28(36)23(11-21-7-4-3-5-8-21)14-29(37)43-30-24-13-26-27(30)18-41-32(26)40-17-24/h3-10,12,19-20,23-24,26-28,30,32,36H,11,13-18H2,1-2H3/t23-,24?,26?,27?,28-,30?,32?/m1/s1. The molecule has 1 aromatic heterocycles. The number of sulfonamides is 1. The summed E-state index contributed by atoms with van der Waals surface area (Å²) in [6.45, 7) is 4.84. The van der Waals surface area contributed by atoms with E-state index in [1.165, 1.54) is 22.8 Å². The summed E-state index contributed by atoms with van der Waals surface area (Å²) in [7, 11) is -4.03. The molecule has 236 valence electrons. The molecule has 2 bridgehead atoms. The first-order valence-electron chi connectivity index (χ1n) is 15.2. The molecule has 2 aliphatic heterocycles. The fourth-order valence-corrected chi connectivity index (χ4v) is 8.47. The first kappa shape index (κ1) is 30.8. The maximum atomic E-state index is 14.0. The van der Waals surface area contributed by atoms with E-state index in [1.54, 1.807) is 12.1 Å². The molecular weight excluding hydrogens is 586 g/mol. The lowest BCUT2D eigenvalue weighted by molar-refractivity contribution is -0.178. The number of hydrogen-bond donors (Lipinski definition) is 1. The molecule has 3 aromatic rings. The zero-order valence-electron chi connectivity index (χ0n) is 24.9. The van der Waals surface area contributed by atoms with Crippen molar-refractivity contribution in [3.63, 3.8) is 0 Å². The van der Waals surface area contributed by atoms with Crippen molar-refractivity contribution in [3.05, 3.63) is 66.6 Å². The van der Waals surface area contributed by atoms with E-state index in [-0.39, 0.29) is 66.4 Å². The van der Waals surface area contributed by atoms with Crippen LogP contribution in [0.25, 0.3) is 11.5 Å². The highest BCUT2D eigenvalue weighted by molar-refractivity contribution is 7.89. The molecule has 2 saturated heterocycles. The summed E-state index contributed by atoms with van der Waals surface area (Å²) >= 11 is 0. The number of ether oxygens (including phenoxy) is 3. The Morgan fingerprint density at radius 3 is 2.61 bits per heavy atom. The molecule has 1 saturated carbocycles. The van der Waals surface area contributed by atoms with Gasteiger partial charge in [0, 0.05) is 42.3 Å². The molecule has 11 nitrogen and oxygen atoms in total. The number of benzene rings is 2. The molecule has 44 heavy (non-hydrogen) atoms. The van der Waals surface area contributed by atoms with Gasteiger partial charge in [-0.2, -0.15) is 4.31 Å². The van der Waals surface area contributed by atoms with Crippen LogP contribution >= 0.6 is 0 Å². The number of rotatable bonds is 13. The van der Waals surface area contributed by atoms with Crippen LogP contribution in [0.2, 0.25) is 0 Å². The maximum absolute atomic E-state index is 14.0. The molecule has 12 heteroatoms. The number of aliphatic hydroxyl groups is 1. The molecule has 7 atom stereocenters. The summed E-state index contributed by atoms with van der Waals surface area (Å²) < 4.78 is 52.1. The minimum absolute atomic E-state index is 0.0185. The zero-order chi connectivity index (χ0) is 30.8. The molecule has 0 spiro atoms. The van der Waals surface area contributed by atoms with E-state index in [0.29, 0.717) is 25.2 Å². The highest BCUT2D eigenvalue weighted by atomic mass is 32.2. The quantitative estimate of drug-likeness (QED) is 0.280. The highest BCUT2D eigenvalue weighted by Gasteiger charge is 2.56. The molecule has 6 rings (SSSR count). The number of esters is 1. The minimum atomic E-state index is -4.03. The summed E-state index contributed by atoms with van der Waals surface area (Å²) in [5, 5.41) is 19.2. The summed E-state index contributed by atoms with van der Waals surface area (Å²) in [5.41, 5.74) is 1.41. The third kappa shape index (κ3) is 6.59. The summed E-state index contributed by atoms with van der Waals surface area (Å²) in [6, 6.07) is 15.9. The van der Waals surface area contributed by atoms with E-state index in [9.17, 15) is 18.3 Å². The van der Waals surface area contributed by atoms with Crippen molar-refractivity contribution in [1.29, 1.82) is 0 Å². The molecule has 2 aromatic carbocycles. The predicted octanol–water partition coefficient (Wildman–Crippen LogP) is 3.54. The molecular formula is C32H39N3O8S. The Labute approximate surface area is 257 Å². The maximum Gasteiger partial charge on any atom is 0.306 e. The molecule has 3 heterocycles. The number of carbonyl (C=O) groups is 1.